The Labute approximate surface area is 289 Å². The lowest BCUT2D eigenvalue weighted by molar-refractivity contribution is 1.18. The lowest BCUT2D eigenvalue weighted by atomic mass is 9.90. The highest BCUT2D eigenvalue weighted by molar-refractivity contribution is 6.36. The fourth-order valence-corrected chi connectivity index (χ4v) is 7.49. The van der Waals surface area contributed by atoms with E-state index in [1.165, 1.54) is 37.7 Å². The molecule has 0 aliphatic heterocycles. The standard InChI is InChI=1S/C47H29N3/c1-3-14-31(15-4-1)41-29-42(32-16-5-2-6-17-32)49-47(48-41)34-25-23-33(24-26-34)45-40-22-12-10-20-37(40)44-43-35-18-8-7-13-30(35)27-28-38(43)36-19-9-11-21-39(36)46(44)50-45/h1-29H. The molecule has 0 saturated carbocycles. The van der Waals surface area contributed by atoms with Crippen LogP contribution in [0.5, 0.6) is 0 Å². The predicted octanol–water partition coefficient (Wildman–Crippen LogP) is 12.3. The van der Waals surface area contributed by atoms with Crippen LogP contribution in [0.15, 0.2) is 176 Å². The summed E-state index contributed by atoms with van der Waals surface area (Å²) >= 11 is 0. The van der Waals surface area contributed by atoms with Crippen molar-refractivity contribution in [3.63, 3.8) is 0 Å². The number of rotatable bonds is 4. The summed E-state index contributed by atoms with van der Waals surface area (Å²) < 4.78 is 0. The van der Waals surface area contributed by atoms with Gasteiger partial charge in [0, 0.05) is 43.8 Å². The second kappa shape index (κ2) is 11.5. The normalized spacial score (nSPS) is 11.6. The van der Waals surface area contributed by atoms with Crippen LogP contribution >= 0.6 is 0 Å². The van der Waals surface area contributed by atoms with E-state index in [0.29, 0.717) is 5.82 Å². The molecule has 0 saturated heterocycles. The van der Waals surface area contributed by atoms with Crippen molar-refractivity contribution in [2.45, 2.75) is 0 Å². The molecule has 10 rings (SSSR count). The molecule has 2 heterocycles. The van der Waals surface area contributed by atoms with E-state index in [0.717, 1.165) is 55.6 Å². The fourth-order valence-electron chi connectivity index (χ4n) is 7.49. The predicted molar refractivity (Wildman–Crippen MR) is 209 cm³/mol. The first-order valence-corrected chi connectivity index (χ1v) is 17.0. The van der Waals surface area contributed by atoms with E-state index in [1.54, 1.807) is 0 Å². The summed E-state index contributed by atoms with van der Waals surface area (Å²) in [7, 11) is 0. The molecule has 3 heteroatoms. The molecule has 0 radical (unpaired) electrons. The van der Waals surface area contributed by atoms with E-state index in [1.807, 2.05) is 36.4 Å². The Kier molecular flexibility index (Phi) is 6.49. The van der Waals surface area contributed by atoms with Gasteiger partial charge in [-0.3, -0.25) is 0 Å². The highest BCUT2D eigenvalue weighted by atomic mass is 14.9. The zero-order chi connectivity index (χ0) is 33.0. The van der Waals surface area contributed by atoms with Crippen molar-refractivity contribution in [1.29, 1.82) is 0 Å². The van der Waals surface area contributed by atoms with Gasteiger partial charge in [0.2, 0.25) is 0 Å². The van der Waals surface area contributed by atoms with Crippen LogP contribution in [0.4, 0.5) is 0 Å². The van der Waals surface area contributed by atoms with Crippen LogP contribution in [-0.2, 0) is 0 Å². The van der Waals surface area contributed by atoms with E-state index in [9.17, 15) is 0 Å². The Morgan fingerprint density at radius 2 is 0.820 bits per heavy atom. The molecule has 2 aromatic heterocycles. The Hall–Kier alpha value is -6.71. The quantitative estimate of drug-likeness (QED) is 0.181. The monoisotopic (exact) mass is 635 g/mol. The van der Waals surface area contributed by atoms with Gasteiger partial charge in [-0.2, -0.15) is 0 Å². The molecule has 8 aromatic carbocycles. The summed E-state index contributed by atoms with van der Waals surface area (Å²) in [5, 5.41) is 10.9. The van der Waals surface area contributed by atoms with E-state index < -0.39 is 0 Å². The molecule has 50 heavy (non-hydrogen) atoms. The summed E-state index contributed by atoms with van der Waals surface area (Å²) in [6.45, 7) is 0. The third kappa shape index (κ3) is 4.56. The molecule has 0 aliphatic carbocycles. The first-order valence-electron chi connectivity index (χ1n) is 17.0. The Morgan fingerprint density at radius 1 is 0.300 bits per heavy atom. The van der Waals surface area contributed by atoms with Gasteiger partial charge >= 0.3 is 0 Å². The number of pyridine rings is 1. The van der Waals surface area contributed by atoms with Gasteiger partial charge in [-0.1, -0.05) is 170 Å². The van der Waals surface area contributed by atoms with Crippen LogP contribution in [-0.4, -0.2) is 15.0 Å². The Balaban J connectivity index is 1.19. The minimum Gasteiger partial charge on any atom is -0.246 e. The molecule has 0 N–H and O–H groups in total. The van der Waals surface area contributed by atoms with Gasteiger partial charge in [0.15, 0.2) is 5.82 Å². The lowest BCUT2D eigenvalue weighted by Crippen LogP contribution is -1.96. The SMILES string of the molecule is c1ccc(-c2cc(-c3ccccc3)nc(-c3ccc(-c4nc5c6ccccc6c6ccc7ccccc7c6c5c5ccccc45)cc3)n2)cc1. The highest BCUT2D eigenvalue weighted by Crippen LogP contribution is 2.43. The second-order valence-electron chi connectivity index (χ2n) is 12.8. The van der Waals surface area contributed by atoms with E-state index in [4.69, 9.17) is 15.0 Å². The molecule has 0 unspecified atom stereocenters. The molecule has 0 bridgehead atoms. The smallest absolute Gasteiger partial charge is 0.160 e. The van der Waals surface area contributed by atoms with Crippen molar-refractivity contribution in [3.8, 4) is 45.2 Å². The van der Waals surface area contributed by atoms with Crippen molar-refractivity contribution >= 4 is 54.0 Å². The molecule has 0 amide bonds. The second-order valence-corrected chi connectivity index (χ2v) is 12.8. The molecule has 0 fully saturated rings. The molecule has 0 atom stereocenters. The van der Waals surface area contributed by atoms with Crippen LogP contribution < -0.4 is 0 Å². The average Bonchev–Trinajstić information content (AvgIpc) is 3.21. The molecule has 0 spiro atoms. The molecular weight excluding hydrogens is 607 g/mol. The van der Waals surface area contributed by atoms with Crippen molar-refractivity contribution < 1.29 is 0 Å². The maximum absolute atomic E-state index is 5.54. The van der Waals surface area contributed by atoms with Crippen LogP contribution in [0.2, 0.25) is 0 Å². The number of benzene rings is 8. The summed E-state index contributed by atoms with van der Waals surface area (Å²) in [6, 6.07) is 61.9. The summed E-state index contributed by atoms with van der Waals surface area (Å²) in [5.74, 6) is 0.692. The maximum atomic E-state index is 5.54. The highest BCUT2D eigenvalue weighted by Gasteiger charge is 2.18. The van der Waals surface area contributed by atoms with Crippen molar-refractivity contribution in [2.24, 2.45) is 0 Å². The van der Waals surface area contributed by atoms with Crippen molar-refractivity contribution in [1.82, 2.24) is 15.0 Å². The van der Waals surface area contributed by atoms with Crippen LogP contribution in [0.25, 0.3) is 99.2 Å². The molecule has 3 nitrogen and oxygen atoms in total. The number of nitrogens with zero attached hydrogens (tertiary/aromatic N) is 3. The van der Waals surface area contributed by atoms with E-state index in [-0.39, 0.29) is 0 Å². The fraction of sp³-hybridized carbons (Fsp3) is 0. The first kappa shape index (κ1) is 28.3. The van der Waals surface area contributed by atoms with Crippen LogP contribution in [0, 0.1) is 0 Å². The zero-order valence-corrected chi connectivity index (χ0v) is 27.1. The molecule has 10 aromatic rings. The van der Waals surface area contributed by atoms with Gasteiger partial charge in [0.1, 0.15) is 0 Å². The number of hydrogen-bond acceptors (Lipinski definition) is 3. The van der Waals surface area contributed by atoms with Crippen molar-refractivity contribution in [2.75, 3.05) is 0 Å². The summed E-state index contributed by atoms with van der Waals surface area (Å²) in [4.78, 5) is 15.6. The summed E-state index contributed by atoms with van der Waals surface area (Å²) in [6.07, 6.45) is 0. The van der Waals surface area contributed by atoms with Crippen LogP contribution in [0.1, 0.15) is 0 Å². The van der Waals surface area contributed by atoms with E-state index >= 15 is 0 Å². The largest absolute Gasteiger partial charge is 0.246 e. The van der Waals surface area contributed by atoms with Gasteiger partial charge < -0.3 is 0 Å². The van der Waals surface area contributed by atoms with Gasteiger partial charge in [-0.05, 0) is 33.0 Å². The number of fused-ring (bicyclic) bond motifs is 10. The number of aromatic nitrogens is 3. The Morgan fingerprint density at radius 3 is 1.50 bits per heavy atom. The zero-order valence-electron chi connectivity index (χ0n) is 27.1. The molecule has 0 aliphatic rings. The topological polar surface area (TPSA) is 38.7 Å². The maximum Gasteiger partial charge on any atom is 0.160 e. The third-order valence-electron chi connectivity index (χ3n) is 9.85. The summed E-state index contributed by atoms with van der Waals surface area (Å²) in [5.41, 5.74) is 7.91. The molecule has 232 valence electrons. The first-order chi connectivity index (χ1) is 24.8. The third-order valence-corrected chi connectivity index (χ3v) is 9.85. The van der Waals surface area contributed by atoms with Gasteiger partial charge in [-0.15, -0.1) is 0 Å². The van der Waals surface area contributed by atoms with Gasteiger partial charge in [-0.25, -0.2) is 15.0 Å². The molecular formula is C47H29N3. The minimum atomic E-state index is 0.692. The van der Waals surface area contributed by atoms with Gasteiger partial charge in [0.25, 0.3) is 0 Å². The van der Waals surface area contributed by atoms with E-state index in [2.05, 4.69) is 140 Å². The van der Waals surface area contributed by atoms with Crippen molar-refractivity contribution in [3.05, 3.63) is 176 Å². The Bertz CT molecular complexity index is 2840. The lowest BCUT2D eigenvalue weighted by Gasteiger charge is -2.16. The van der Waals surface area contributed by atoms with Crippen LogP contribution in [0.3, 0.4) is 0 Å². The average molecular weight is 636 g/mol. The number of hydrogen-bond donors (Lipinski definition) is 0. The minimum absolute atomic E-state index is 0.692. The van der Waals surface area contributed by atoms with Gasteiger partial charge in [0.05, 0.1) is 22.6 Å².